The number of carbonyl (C=O) groups excluding carboxylic acids is 1. The fourth-order valence-electron chi connectivity index (χ4n) is 3.18. The SMILES string of the molecule is COC1CCCN(S(=O)(=O)c2ccc3c(c2)CCCC(=O)N3)C1. The number of carbonyl (C=O) groups is 1. The molecule has 2 heterocycles. The van der Waals surface area contributed by atoms with Crippen molar-refractivity contribution in [1.82, 2.24) is 4.31 Å². The van der Waals surface area contributed by atoms with Gasteiger partial charge in [-0.15, -0.1) is 0 Å². The Labute approximate surface area is 136 Å². The Hall–Kier alpha value is -1.44. The van der Waals surface area contributed by atoms with E-state index in [9.17, 15) is 13.2 Å². The van der Waals surface area contributed by atoms with E-state index in [2.05, 4.69) is 5.32 Å². The summed E-state index contributed by atoms with van der Waals surface area (Å²) in [7, 11) is -1.91. The van der Waals surface area contributed by atoms with E-state index in [1.165, 1.54) is 4.31 Å². The highest BCUT2D eigenvalue weighted by molar-refractivity contribution is 7.89. The van der Waals surface area contributed by atoms with E-state index in [0.717, 1.165) is 30.5 Å². The van der Waals surface area contributed by atoms with Gasteiger partial charge in [-0.3, -0.25) is 4.79 Å². The first-order valence-corrected chi connectivity index (χ1v) is 9.40. The van der Waals surface area contributed by atoms with Crippen molar-refractivity contribution >= 4 is 21.6 Å². The fourth-order valence-corrected chi connectivity index (χ4v) is 4.74. The third-order valence-electron chi connectivity index (χ3n) is 4.51. The summed E-state index contributed by atoms with van der Waals surface area (Å²) in [5, 5.41) is 2.83. The number of hydrogen-bond acceptors (Lipinski definition) is 4. The van der Waals surface area contributed by atoms with Crippen LogP contribution in [0.15, 0.2) is 23.1 Å². The second-order valence-electron chi connectivity index (χ2n) is 6.08. The minimum Gasteiger partial charge on any atom is -0.380 e. The molecule has 1 aromatic rings. The van der Waals surface area contributed by atoms with Crippen LogP contribution >= 0.6 is 0 Å². The number of hydrogen-bond donors (Lipinski definition) is 1. The Kier molecular flexibility index (Phi) is 4.70. The Morgan fingerprint density at radius 1 is 1.26 bits per heavy atom. The number of nitrogens with one attached hydrogen (secondary N) is 1. The van der Waals surface area contributed by atoms with Crippen LogP contribution in [0.5, 0.6) is 0 Å². The summed E-state index contributed by atoms with van der Waals surface area (Å²) in [6.45, 7) is 0.919. The standard InChI is InChI=1S/C16H22N2O4S/c1-22-13-5-3-9-18(11-13)23(20,21)14-7-8-15-12(10-14)4-2-6-16(19)17-15/h7-8,10,13H,2-6,9,11H2,1H3,(H,17,19). The summed E-state index contributed by atoms with van der Waals surface area (Å²) in [4.78, 5) is 11.9. The molecule has 0 aromatic heterocycles. The van der Waals surface area contributed by atoms with E-state index in [1.54, 1.807) is 25.3 Å². The number of piperidine rings is 1. The first-order valence-electron chi connectivity index (χ1n) is 7.96. The van der Waals surface area contributed by atoms with Crippen molar-refractivity contribution in [3.8, 4) is 0 Å². The van der Waals surface area contributed by atoms with Crippen LogP contribution in [-0.4, -0.2) is 44.9 Å². The Morgan fingerprint density at radius 2 is 2.09 bits per heavy atom. The van der Waals surface area contributed by atoms with Gasteiger partial charge in [0.05, 0.1) is 11.0 Å². The summed E-state index contributed by atoms with van der Waals surface area (Å²) in [6, 6.07) is 4.98. The predicted octanol–water partition coefficient (Wildman–Crippen LogP) is 1.76. The molecule has 1 fully saturated rings. The van der Waals surface area contributed by atoms with Crippen molar-refractivity contribution < 1.29 is 17.9 Å². The minimum atomic E-state index is -3.52. The van der Waals surface area contributed by atoms with Crippen LogP contribution in [0.1, 0.15) is 31.2 Å². The van der Waals surface area contributed by atoms with E-state index in [1.807, 2.05) is 0 Å². The Morgan fingerprint density at radius 3 is 2.87 bits per heavy atom. The minimum absolute atomic E-state index is 0.0154. The molecular weight excluding hydrogens is 316 g/mol. The maximum atomic E-state index is 12.9. The molecule has 23 heavy (non-hydrogen) atoms. The number of amides is 1. The second-order valence-corrected chi connectivity index (χ2v) is 8.02. The van der Waals surface area contributed by atoms with Gasteiger partial charge in [-0.25, -0.2) is 8.42 Å². The number of methoxy groups -OCH3 is 1. The molecule has 2 aliphatic rings. The lowest BCUT2D eigenvalue weighted by Gasteiger charge is -2.31. The van der Waals surface area contributed by atoms with Gasteiger partial charge in [0.1, 0.15) is 0 Å². The number of fused-ring (bicyclic) bond motifs is 1. The fraction of sp³-hybridized carbons (Fsp3) is 0.562. The average molecular weight is 338 g/mol. The molecule has 0 saturated carbocycles. The number of anilines is 1. The van der Waals surface area contributed by atoms with Crippen LogP contribution in [0, 0.1) is 0 Å². The molecule has 1 aromatic carbocycles. The summed E-state index contributed by atoms with van der Waals surface area (Å²) in [5.74, 6) is -0.0154. The summed E-state index contributed by atoms with van der Waals surface area (Å²) in [6.07, 6.45) is 3.56. The maximum absolute atomic E-state index is 12.9. The molecule has 0 spiro atoms. The van der Waals surface area contributed by atoms with Crippen LogP contribution < -0.4 is 5.32 Å². The van der Waals surface area contributed by atoms with Gasteiger partial charge in [0.25, 0.3) is 0 Å². The number of sulfonamides is 1. The molecule has 1 saturated heterocycles. The van der Waals surface area contributed by atoms with Gasteiger partial charge in [0.15, 0.2) is 0 Å². The molecule has 3 rings (SSSR count). The summed E-state index contributed by atoms with van der Waals surface area (Å²) < 4.78 is 32.6. The number of nitrogens with zero attached hydrogens (tertiary/aromatic N) is 1. The van der Waals surface area contributed by atoms with Crippen molar-refractivity contribution in [2.45, 2.75) is 43.1 Å². The lowest BCUT2D eigenvalue weighted by atomic mass is 10.1. The molecule has 0 bridgehead atoms. The molecule has 0 radical (unpaired) electrons. The second kappa shape index (κ2) is 6.59. The first-order chi connectivity index (χ1) is 11.0. The number of aryl methyl sites for hydroxylation is 1. The Bertz CT molecular complexity index is 702. The highest BCUT2D eigenvalue weighted by Gasteiger charge is 2.30. The molecule has 2 aliphatic heterocycles. The van der Waals surface area contributed by atoms with E-state index in [0.29, 0.717) is 30.8 Å². The highest BCUT2D eigenvalue weighted by atomic mass is 32.2. The number of rotatable bonds is 3. The monoisotopic (exact) mass is 338 g/mol. The van der Waals surface area contributed by atoms with E-state index < -0.39 is 10.0 Å². The molecule has 7 heteroatoms. The van der Waals surface area contributed by atoms with Gasteiger partial charge in [-0.1, -0.05) is 0 Å². The van der Waals surface area contributed by atoms with Crippen molar-refractivity contribution in [2.75, 3.05) is 25.5 Å². The quantitative estimate of drug-likeness (QED) is 0.911. The van der Waals surface area contributed by atoms with E-state index >= 15 is 0 Å². The molecule has 1 amide bonds. The first kappa shape index (κ1) is 16.4. The van der Waals surface area contributed by atoms with Gasteiger partial charge in [0.2, 0.25) is 15.9 Å². The third-order valence-corrected chi connectivity index (χ3v) is 6.37. The van der Waals surface area contributed by atoms with Crippen LogP contribution in [0.4, 0.5) is 5.69 Å². The zero-order valence-electron chi connectivity index (χ0n) is 13.2. The van der Waals surface area contributed by atoms with Gasteiger partial charge >= 0.3 is 0 Å². The average Bonchev–Trinajstić information content (AvgIpc) is 2.74. The molecule has 6 nitrogen and oxygen atoms in total. The lowest BCUT2D eigenvalue weighted by molar-refractivity contribution is -0.116. The van der Waals surface area contributed by atoms with E-state index in [-0.39, 0.29) is 12.0 Å². The smallest absolute Gasteiger partial charge is 0.243 e. The van der Waals surface area contributed by atoms with Crippen molar-refractivity contribution in [3.63, 3.8) is 0 Å². The Balaban J connectivity index is 1.88. The largest absolute Gasteiger partial charge is 0.380 e. The molecule has 1 N–H and O–H groups in total. The molecule has 1 atom stereocenters. The summed E-state index contributed by atoms with van der Waals surface area (Å²) in [5.41, 5.74) is 1.61. The van der Waals surface area contributed by atoms with Crippen LogP contribution in [-0.2, 0) is 26.0 Å². The molecule has 1 unspecified atom stereocenters. The van der Waals surface area contributed by atoms with Crippen LogP contribution in [0.25, 0.3) is 0 Å². The zero-order valence-corrected chi connectivity index (χ0v) is 14.1. The third kappa shape index (κ3) is 3.41. The van der Waals surface area contributed by atoms with Gasteiger partial charge in [-0.2, -0.15) is 4.31 Å². The summed E-state index contributed by atoms with van der Waals surface area (Å²) >= 11 is 0. The molecule has 0 aliphatic carbocycles. The number of ether oxygens (including phenoxy) is 1. The van der Waals surface area contributed by atoms with Crippen LogP contribution in [0.3, 0.4) is 0 Å². The predicted molar refractivity (Wildman–Crippen MR) is 86.8 cm³/mol. The van der Waals surface area contributed by atoms with Gasteiger partial charge < -0.3 is 10.1 Å². The van der Waals surface area contributed by atoms with Crippen molar-refractivity contribution in [1.29, 1.82) is 0 Å². The molecule has 126 valence electrons. The zero-order chi connectivity index (χ0) is 16.4. The highest BCUT2D eigenvalue weighted by Crippen LogP contribution is 2.28. The van der Waals surface area contributed by atoms with Crippen molar-refractivity contribution in [3.05, 3.63) is 23.8 Å². The van der Waals surface area contributed by atoms with E-state index in [4.69, 9.17) is 4.74 Å². The molecular formula is C16H22N2O4S. The lowest BCUT2D eigenvalue weighted by Crippen LogP contribution is -2.42. The number of benzene rings is 1. The van der Waals surface area contributed by atoms with Crippen molar-refractivity contribution in [2.24, 2.45) is 0 Å². The topological polar surface area (TPSA) is 75.7 Å². The van der Waals surface area contributed by atoms with Gasteiger partial charge in [-0.05, 0) is 49.4 Å². The maximum Gasteiger partial charge on any atom is 0.243 e. The van der Waals surface area contributed by atoms with Gasteiger partial charge in [0, 0.05) is 32.3 Å². The van der Waals surface area contributed by atoms with Crippen LogP contribution in [0.2, 0.25) is 0 Å². The normalized spacial score (nSPS) is 23.0.